The summed E-state index contributed by atoms with van der Waals surface area (Å²) in [7, 11) is 0. The van der Waals surface area contributed by atoms with Crippen LogP contribution in [0.15, 0.2) is 18.2 Å². The first kappa shape index (κ1) is 14.4. The van der Waals surface area contributed by atoms with Crippen LogP contribution in [0.4, 0.5) is 10.1 Å². The molecular weight excluding hydrogens is 237 g/mol. The number of rotatable bonds is 3. The highest BCUT2D eigenvalue weighted by atomic mass is 19.1. The molecule has 1 aliphatic rings. The number of aryl methyl sites for hydroxylation is 1. The van der Waals surface area contributed by atoms with E-state index in [2.05, 4.69) is 26.1 Å². The number of anilines is 1. The topological polar surface area (TPSA) is 12.0 Å². The molecule has 1 aromatic rings. The highest BCUT2D eigenvalue weighted by Gasteiger charge is 2.30. The summed E-state index contributed by atoms with van der Waals surface area (Å²) in [6, 6.07) is 5.71. The highest BCUT2D eigenvalue weighted by molar-refractivity contribution is 5.48. The van der Waals surface area contributed by atoms with Crippen molar-refractivity contribution < 1.29 is 4.39 Å². The third-order valence-corrected chi connectivity index (χ3v) is 4.48. The van der Waals surface area contributed by atoms with Gasteiger partial charge in [-0.05, 0) is 55.2 Å². The first-order valence-electron chi connectivity index (χ1n) is 7.50. The standard InChI is InChI=1S/C17H26FN/c1-11(2)14-7-5-12(3)9-16(14)19-17-10-13(4)6-8-15(17)18/h6,8,10-12,14,16,19H,5,7,9H2,1-4H3. The molecule has 1 N–H and O–H groups in total. The van der Waals surface area contributed by atoms with E-state index < -0.39 is 0 Å². The van der Waals surface area contributed by atoms with Crippen LogP contribution < -0.4 is 5.32 Å². The van der Waals surface area contributed by atoms with Crippen molar-refractivity contribution in [3.63, 3.8) is 0 Å². The third kappa shape index (κ3) is 3.49. The first-order chi connectivity index (χ1) is 8.97. The van der Waals surface area contributed by atoms with Crippen molar-refractivity contribution in [1.82, 2.24) is 0 Å². The fraction of sp³-hybridized carbons (Fsp3) is 0.647. The summed E-state index contributed by atoms with van der Waals surface area (Å²) in [5.74, 6) is 1.90. The molecule has 1 saturated carbocycles. The summed E-state index contributed by atoms with van der Waals surface area (Å²) >= 11 is 0. The molecule has 19 heavy (non-hydrogen) atoms. The van der Waals surface area contributed by atoms with E-state index in [9.17, 15) is 4.39 Å². The third-order valence-electron chi connectivity index (χ3n) is 4.48. The lowest BCUT2D eigenvalue weighted by Gasteiger charge is -2.38. The normalized spacial score (nSPS) is 27.6. The van der Waals surface area contributed by atoms with Crippen LogP contribution in [0, 0.1) is 30.5 Å². The molecule has 106 valence electrons. The maximum Gasteiger partial charge on any atom is 0.146 e. The molecule has 1 nitrogen and oxygen atoms in total. The smallest absolute Gasteiger partial charge is 0.146 e. The zero-order valence-electron chi connectivity index (χ0n) is 12.5. The minimum Gasteiger partial charge on any atom is -0.380 e. The Kier molecular flexibility index (Phi) is 4.49. The Labute approximate surface area is 116 Å². The van der Waals surface area contributed by atoms with Crippen LogP contribution in [0.25, 0.3) is 0 Å². The van der Waals surface area contributed by atoms with Crippen LogP contribution in [0.5, 0.6) is 0 Å². The average Bonchev–Trinajstić information content (AvgIpc) is 2.33. The van der Waals surface area contributed by atoms with Crippen LogP contribution in [0.1, 0.15) is 45.6 Å². The molecule has 0 aliphatic heterocycles. The molecule has 0 aromatic heterocycles. The molecular formula is C17H26FN. The largest absolute Gasteiger partial charge is 0.380 e. The lowest BCUT2D eigenvalue weighted by Crippen LogP contribution is -2.38. The zero-order valence-corrected chi connectivity index (χ0v) is 12.5. The van der Waals surface area contributed by atoms with Gasteiger partial charge in [-0.3, -0.25) is 0 Å². The van der Waals surface area contributed by atoms with Crippen molar-refractivity contribution in [2.75, 3.05) is 5.32 Å². The molecule has 3 unspecified atom stereocenters. The fourth-order valence-corrected chi connectivity index (χ4v) is 3.32. The van der Waals surface area contributed by atoms with Crippen molar-refractivity contribution in [3.05, 3.63) is 29.6 Å². The van der Waals surface area contributed by atoms with Gasteiger partial charge in [0.25, 0.3) is 0 Å². The van der Waals surface area contributed by atoms with Crippen LogP contribution >= 0.6 is 0 Å². The summed E-state index contributed by atoms with van der Waals surface area (Å²) in [6.07, 6.45) is 3.71. The van der Waals surface area contributed by atoms with E-state index in [0.29, 0.717) is 23.6 Å². The molecule has 0 spiro atoms. The number of halogens is 1. The van der Waals surface area contributed by atoms with Crippen molar-refractivity contribution in [1.29, 1.82) is 0 Å². The van der Waals surface area contributed by atoms with Gasteiger partial charge in [0.15, 0.2) is 0 Å². The summed E-state index contributed by atoms with van der Waals surface area (Å²) in [6.45, 7) is 8.87. The molecule has 1 aliphatic carbocycles. The number of hydrogen-bond acceptors (Lipinski definition) is 1. The van der Waals surface area contributed by atoms with Gasteiger partial charge in [0, 0.05) is 6.04 Å². The predicted octanol–water partition coefficient (Wildman–Crippen LogP) is 5.01. The molecule has 0 heterocycles. The van der Waals surface area contributed by atoms with Gasteiger partial charge >= 0.3 is 0 Å². The van der Waals surface area contributed by atoms with Gasteiger partial charge in [-0.25, -0.2) is 4.39 Å². The molecule has 3 atom stereocenters. The quantitative estimate of drug-likeness (QED) is 0.808. The van der Waals surface area contributed by atoms with Gasteiger partial charge in [0.05, 0.1) is 5.69 Å². The molecule has 0 bridgehead atoms. The van der Waals surface area contributed by atoms with Gasteiger partial charge in [-0.1, -0.05) is 33.3 Å². The van der Waals surface area contributed by atoms with E-state index in [0.717, 1.165) is 17.9 Å². The molecule has 0 saturated heterocycles. The second kappa shape index (κ2) is 5.94. The van der Waals surface area contributed by atoms with E-state index in [4.69, 9.17) is 0 Å². The second-order valence-corrected chi connectivity index (χ2v) is 6.56. The Morgan fingerprint density at radius 1 is 1.26 bits per heavy atom. The SMILES string of the molecule is Cc1ccc(F)c(NC2CC(C)CCC2C(C)C)c1. The van der Waals surface area contributed by atoms with Crippen LogP contribution in [-0.2, 0) is 0 Å². The predicted molar refractivity (Wildman–Crippen MR) is 79.9 cm³/mol. The van der Waals surface area contributed by atoms with Gasteiger partial charge < -0.3 is 5.32 Å². The Morgan fingerprint density at radius 3 is 2.68 bits per heavy atom. The molecule has 2 rings (SSSR count). The van der Waals surface area contributed by atoms with Crippen LogP contribution in [-0.4, -0.2) is 6.04 Å². The number of nitrogens with one attached hydrogen (secondary N) is 1. The van der Waals surface area contributed by atoms with Gasteiger partial charge in [0.1, 0.15) is 5.82 Å². The van der Waals surface area contributed by atoms with Gasteiger partial charge in [0.2, 0.25) is 0 Å². The van der Waals surface area contributed by atoms with E-state index >= 15 is 0 Å². The highest BCUT2D eigenvalue weighted by Crippen LogP contribution is 2.35. The summed E-state index contributed by atoms with van der Waals surface area (Å²) in [4.78, 5) is 0. The second-order valence-electron chi connectivity index (χ2n) is 6.56. The van der Waals surface area contributed by atoms with Crippen molar-refractivity contribution >= 4 is 5.69 Å². The lowest BCUT2D eigenvalue weighted by atomic mass is 9.74. The summed E-state index contributed by atoms with van der Waals surface area (Å²) < 4.78 is 13.9. The van der Waals surface area contributed by atoms with E-state index in [1.165, 1.54) is 12.8 Å². The average molecular weight is 263 g/mol. The molecule has 0 amide bonds. The Morgan fingerprint density at radius 2 is 2.00 bits per heavy atom. The van der Waals surface area contributed by atoms with Gasteiger partial charge in [-0.2, -0.15) is 0 Å². The Bertz CT molecular complexity index is 427. The molecule has 0 radical (unpaired) electrons. The Hall–Kier alpha value is -1.05. The number of benzene rings is 1. The number of hydrogen-bond donors (Lipinski definition) is 1. The maximum atomic E-state index is 13.9. The Balaban J connectivity index is 2.16. The van der Waals surface area contributed by atoms with E-state index in [-0.39, 0.29) is 5.82 Å². The maximum absolute atomic E-state index is 13.9. The summed E-state index contributed by atoms with van der Waals surface area (Å²) in [5.41, 5.74) is 1.78. The first-order valence-corrected chi connectivity index (χ1v) is 7.50. The van der Waals surface area contributed by atoms with Crippen LogP contribution in [0.2, 0.25) is 0 Å². The molecule has 1 aromatic carbocycles. The summed E-state index contributed by atoms with van der Waals surface area (Å²) in [5, 5.41) is 3.48. The van der Waals surface area contributed by atoms with Crippen molar-refractivity contribution in [2.45, 2.75) is 53.0 Å². The monoisotopic (exact) mass is 263 g/mol. The van der Waals surface area contributed by atoms with E-state index in [1.807, 2.05) is 19.1 Å². The lowest BCUT2D eigenvalue weighted by molar-refractivity contribution is 0.211. The van der Waals surface area contributed by atoms with Crippen molar-refractivity contribution in [3.8, 4) is 0 Å². The molecule has 2 heteroatoms. The minimum absolute atomic E-state index is 0.133. The molecule has 1 fully saturated rings. The van der Waals surface area contributed by atoms with Gasteiger partial charge in [-0.15, -0.1) is 0 Å². The van der Waals surface area contributed by atoms with Crippen molar-refractivity contribution in [2.24, 2.45) is 17.8 Å². The van der Waals surface area contributed by atoms with E-state index in [1.54, 1.807) is 6.07 Å². The minimum atomic E-state index is -0.133. The fourth-order valence-electron chi connectivity index (χ4n) is 3.32. The van der Waals surface area contributed by atoms with Crippen LogP contribution in [0.3, 0.4) is 0 Å². The zero-order chi connectivity index (χ0) is 14.0.